The maximum Gasteiger partial charge on any atom is 0.144 e. The van der Waals surface area contributed by atoms with Crippen LogP contribution < -0.4 is 5.73 Å². The van der Waals surface area contributed by atoms with Crippen LogP contribution in [0, 0.1) is 6.92 Å². The predicted octanol–water partition coefficient (Wildman–Crippen LogP) is 2.95. The summed E-state index contributed by atoms with van der Waals surface area (Å²) in [6.45, 7) is 11.3. The molecule has 0 spiro atoms. The Hall–Kier alpha value is -1.42. The van der Waals surface area contributed by atoms with Crippen molar-refractivity contribution in [1.82, 2.24) is 14.5 Å². The van der Waals surface area contributed by atoms with Gasteiger partial charge in [-0.25, -0.2) is 9.97 Å². The van der Waals surface area contributed by atoms with Crippen molar-refractivity contribution in [1.29, 1.82) is 0 Å². The van der Waals surface area contributed by atoms with Crippen molar-refractivity contribution in [2.24, 2.45) is 5.73 Å². The fraction of sp³-hybridized carbons (Fsp3) is 0.600. The number of nitrogens with zero attached hydrogens (tertiary/aromatic N) is 3. The highest BCUT2D eigenvalue weighted by Gasteiger charge is 2.16. The molecule has 2 heterocycles. The minimum atomic E-state index is 0.344. The second-order valence-corrected chi connectivity index (χ2v) is 5.71. The van der Waals surface area contributed by atoms with Gasteiger partial charge in [-0.05, 0) is 39.3 Å². The van der Waals surface area contributed by atoms with Gasteiger partial charge >= 0.3 is 0 Å². The molecule has 104 valence electrons. The number of hydrogen-bond acceptors (Lipinski definition) is 3. The number of rotatable bonds is 4. The summed E-state index contributed by atoms with van der Waals surface area (Å²) in [7, 11) is 0. The number of hydrogen-bond donors (Lipinski definition) is 1. The molecule has 0 aromatic carbocycles. The highest BCUT2D eigenvalue weighted by atomic mass is 15.1. The minimum Gasteiger partial charge on any atom is -0.330 e. The van der Waals surface area contributed by atoms with Crippen molar-refractivity contribution in [3.8, 4) is 0 Å². The molecule has 0 radical (unpaired) electrons. The van der Waals surface area contributed by atoms with Gasteiger partial charge in [0.2, 0.25) is 0 Å². The molecule has 2 aromatic rings. The molecule has 2 aromatic heterocycles. The number of aromatic nitrogens is 3. The summed E-state index contributed by atoms with van der Waals surface area (Å²) in [5.74, 6) is 1.26. The summed E-state index contributed by atoms with van der Waals surface area (Å²) < 4.78 is 2.24. The van der Waals surface area contributed by atoms with Crippen LogP contribution >= 0.6 is 0 Å². The summed E-state index contributed by atoms with van der Waals surface area (Å²) in [6.07, 6.45) is 3.06. The van der Waals surface area contributed by atoms with Gasteiger partial charge in [0.05, 0.1) is 5.69 Å². The highest BCUT2D eigenvalue weighted by Crippen LogP contribution is 2.27. The van der Waals surface area contributed by atoms with Crippen LogP contribution in [0.2, 0.25) is 0 Å². The SMILES string of the molecule is Cc1nc(C(C)C)nc2c1c(CCN)cn2C(C)C. The minimum absolute atomic E-state index is 0.344. The van der Waals surface area contributed by atoms with Crippen LogP contribution in [0.1, 0.15) is 56.7 Å². The molecule has 0 bridgehead atoms. The largest absolute Gasteiger partial charge is 0.330 e. The van der Waals surface area contributed by atoms with E-state index in [-0.39, 0.29) is 0 Å². The second kappa shape index (κ2) is 5.29. The van der Waals surface area contributed by atoms with Gasteiger partial charge in [0.1, 0.15) is 11.5 Å². The van der Waals surface area contributed by atoms with Crippen molar-refractivity contribution < 1.29 is 0 Å². The van der Waals surface area contributed by atoms with E-state index in [0.717, 1.165) is 23.6 Å². The van der Waals surface area contributed by atoms with Crippen LogP contribution in [0.3, 0.4) is 0 Å². The third-order valence-corrected chi connectivity index (χ3v) is 3.44. The van der Waals surface area contributed by atoms with Crippen LogP contribution in [-0.4, -0.2) is 21.1 Å². The molecule has 2 N–H and O–H groups in total. The average molecular weight is 260 g/mol. The van der Waals surface area contributed by atoms with Crippen LogP contribution in [0.15, 0.2) is 6.20 Å². The molecule has 19 heavy (non-hydrogen) atoms. The molecule has 4 heteroatoms. The van der Waals surface area contributed by atoms with Crippen molar-refractivity contribution in [2.75, 3.05) is 6.54 Å². The third kappa shape index (κ3) is 2.50. The Bertz CT molecular complexity index is 581. The van der Waals surface area contributed by atoms with Gasteiger partial charge in [0, 0.05) is 23.5 Å². The Morgan fingerprint density at radius 1 is 1.21 bits per heavy atom. The quantitative estimate of drug-likeness (QED) is 0.919. The zero-order chi connectivity index (χ0) is 14.2. The molecule has 0 saturated carbocycles. The van der Waals surface area contributed by atoms with E-state index in [9.17, 15) is 0 Å². The normalized spacial score (nSPS) is 12.0. The second-order valence-electron chi connectivity index (χ2n) is 5.71. The summed E-state index contributed by atoms with van der Waals surface area (Å²) >= 11 is 0. The van der Waals surface area contributed by atoms with Gasteiger partial charge in [0.15, 0.2) is 0 Å². The summed E-state index contributed by atoms with van der Waals surface area (Å²) in [5, 5.41) is 1.18. The topological polar surface area (TPSA) is 56.7 Å². The van der Waals surface area contributed by atoms with E-state index < -0.39 is 0 Å². The number of fused-ring (bicyclic) bond motifs is 1. The molecule has 4 nitrogen and oxygen atoms in total. The first-order valence-corrected chi connectivity index (χ1v) is 7.03. The van der Waals surface area contributed by atoms with E-state index in [2.05, 4.69) is 50.4 Å². The Morgan fingerprint density at radius 2 is 1.89 bits per heavy atom. The van der Waals surface area contributed by atoms with E-state index in [1.165, 1.54) is 10.9 Å². The number of aryl methyl sites for hydroxylation is 1. The fourth-order valence-electron chi connectivity index (χ4n) is 2.43. The number of nitrogens with two attached hydrogens (primary N) is 1. The molecular formula is C15H24N4. The lowest BCUT2D eigenvalue weighted by Crippen LogP contribution is -2.05. The van der Waals surface area contributed by atoms with Crippen LogP contribution in [0.4, 0.5) is 0 Å². The van der Waals surface area contributed by atoms with Crippen LogP contribution in [0.5, 0.6) is 0 Å². The first-order valence-electron chi connectivity index (χ1n) is 7.03. The Balaban J connectivity index is 2.74. The fourth-order valence-corrected chi connectivity index (χ4v) is 2.43. The lowest BCUT2D eigenvalue weighted by Gasteiger charge is -2.11. The maximum absolute atomic E-state index is 5.72. The van der Waals surface area contributed by atoms with E-state index in [4.69, 9.17) is 10.7 Å². The lowest BCUT2D eigenvalue weighted by molar-refractivity contribution is 0.613. The zero-order valence-electron chi connectivity index (χ0n) is 12.6. The lowest BCUT2D eigenvalue weighted by atomic mass is 10.1. The molecule has 0 unspecified atom stereocenters. The third-order valence-electron chi connectivity index (χ3n) is 3.44. The molecule has 0 aliphatic heterocycles. The van der Waals surface area contributed by atoms with Gasteiger partial charge in [-0.1, -0.05) is 13.8 Å². The van der Waals surface area contributed by atoms with Crippen LogP contribution in [-0.2, 0) is 6.42 Å². The van der Waals surface area contributed by atoms with Crippen molar-refractivity contribution in [2.45, 2.75) is 53.0 Å². The first kappa shape index (κ1) is 14.0. The van der Waals surface area contributed by atoms with Crippen LogP contribution in [0.25, 0.3) is 11.0 Å². The summed E-state index contributed by atoms with van der Waals surface area (Å²) in [6, 6.07) is 0.392. The van der Waals surface area contributed by atoms with Gasteiger partial charge in [-0.2, -0.15) is 0 Å². The average Bonchev–Trinajstić information content (AvgIpc) is 2.69. The summed E-state index contributed by atoms with van der Waals surface area (Å²) in [4.78, 5) is 9.42. The van der Waals surface area contributed by atoms with Crippen molar-refractivity contribution in [3.63, 3.8) is 0 Å². The maximum atomic E-state index is 5.72. The first-order chi connectivity index (χ1) is 8.95. The summed E-state index contributed by atoms with van der Waals surface area (Å²) in [5.41, 5.74) is 9.09. The van der Waals surface area contributed by atoms with Crippen molar-refractivity contribution in [3.05, 3.63) is 23.3 Å². The standard InChI is InChI=1S/C15H24N4/c1-9(2)14-17-11(5)13-12(6-7-16)8-19(10(3)4)15(13)18-14/h8-10H,6-7,16H2,1-5H3. The Kier molecular flexibility index (Phi) is 3.90. The van der Waals surface area contributed by atoms with Gasteiger partial charge < -0.3 is 10.3 Å². The van der Waals surface area contributed by atoms with E-state index in [1.807, 2.05) is 0 Å². The molecule has 0 amide bonds. The van der Waals surface area contributed by atoms with E-state index in [1.54, 1.807) is 0 Å². The van der Waals surface area contributed by atoms with Gasteiger partial charge in [-0.15, -0.1) is 0 Å². The highest BCUT2D eigenvalue weighted by molar-refractivity contribution is 5.83. The Labute approximate surface area is 115 Å². The van der Waals surface area contributed by atoms with Crippen molar-refractivity contribution >= 4 is 11.0 Å². The van der Waals surface area contributed by atoms with E-state index in [0.29, 0.717) is 18.5 Å². The molecule has 0 fully saturated rings. The molecule has 0 aliphatic carbocycles. The molecule has 2 rings (SSSR count). The van der Waals surface area contributed by atoms with E-state index >= 15 is 0 Å². The Morgan fingerprint density at radius 3 is 2.42 bits per heavy atom. The molecular weight excluding hydrogens is 236 g/mol. The smallest absolute Gasteiger partial charge is 0.144 e. The zero-order valence-corrected chi connectivity index (χ0v) is 12.6. The molecule has 0 saturated heterocycles. The predicted molar refractivity (Wildman–Crippen MR) is 79.5 cm³/mol. The monoisotopic (exact) mass is 260 g/mol. The molecule has 0 atom stereocenters. The van der Waals surface area contributed by atoms with Gasteiger partial charge in [0.25, 0.3) is 0 Å². The molecule has 0 aliphatic rings. The van der Waals surface area contributed by atoms with Gasteiger partial charge in [-0.3, -0.25) is 0 Å².